The molecule has 5 heteroatoms. The van der Waals surface area contributed by atoms with Crippen molar-refractivity contribution in [3.05, 3.63) is 64.5 Å². The molecular formula is C13H5F2NO2. The van der Waals surface area contributed by atoms with E-state index in [1.54, 1.807) is 0 Å². The van der Waals surface area contributed by atoms with E-state index in [-0.39, 0.29) is 11.3 Å². The molecule has 0 N–H and O–H groups in total. The minimum absolute atomic E-state index is 0.000463. The summed E-state index contributed by atoms with van der Waals surface area (Å²) < 4.78 is 27.2. The predicted molar refractivity (Wildman–Crippen MR) is 57.5 cm³/mol. The number of ketones is 2. The van der Waals surface area contributed by atoms with E-state index >= 15 is 0 Å². The van der Waals surface area contributed by atoms with Crippen molar-refractivity contribution in [1.29, 1.82) is 0 Å². The summed E-state index contributed by atoms with van der Waals surface area (Å²) in [6.07, 6.45) is 1.33. The molecule has 1 aromatic heterocycles. The van der Waals surface area contributed by atoms with Gasteiger partial charge in [-0.15, -0.1) is 0 Å². The molecule has 0 saturated heterocycles. The third kappa shape index (κ3) is 1.24. The second-order valence-electron chi connectivity index (χ2n) is 3.84. The average Bonchev–Trinajstić information content (AvgIpc) is 2.38. The van der Waals surface area contributed by atoms with E-state index in [2.05, 4.69) is 4.98 Å². The summed E-state index contributed by atoms with van der Waals surface area (Å²) in [7, 11) is 0. The van der Waals surface area contributed by atoms with Gasteiger partial charge in [0.1, 0.15) is 17.3 Å². The third-order valence-corrected chi connectivity index (χ3v) is 2.83. The van der Waals surface area contributed by atoms with Crippen LogP contribution in [0.1, 0.15) is 32.0 Å². The minimum atomic E-state index is -0.916. The molecule has 0 unspecified atom stereocenters. The summed E-state index contributed by atoms with van der Waals surface area (Å²) >= 11 is 0. The second kappa shape index (κ2) is 3.53. The molecule has 0 atom stereocenters. The van der Waals surface area contributed by atoms with Crippen LogP contribution in [0.2, 0.25) is 0 Å². The van der Waals surface area contributed by atoms with Crippen molar-refractivity contribution >= 4 is 11.6 Å². The number of nitrogens with zero attached hydrogens (tertiary/aromatic N) is 1. The highest BCUT2D eigenvalue weighted by Gasteiger charge is 2.35. The van der Waals surface area contributed by atoms with Crippen LogP contribution in [0.5, 0.6) is 0 Å². The average molecular weight is 245 g/mol. The molecule has 0 saturated carbocycles. The quantitative estimate of drug-likeness (QED) is 0.609. The predicted octanol–water partition coefficient (Wildman–Crippen LogP) is 2.14. The Morgan fingerprint density at radius 3 is 2.17 bits per heavy atom. The Bertz CT molecular complexity index is 650. The zero-order chi connectivity index (χ0) is 12.9. The lowest BCUT2D eigenvalue weighted by molar-refractivity contribution is 0.0968. The molecule has 18 heavy (non-hydrogen) atoms. The van der Waals surface area contributed by atoms with E-state index in [0.717, 1.165) is 12.1 Å². The van der Waals surface area contributed by atoms with Crippen LogP contribution >= 0.6 is 0 Å². The summed E-state index contributed by atoms with van der Waals surface area (Å²) in [6, 6.07) is 4.50. The number of halogens is 2. The fraction of sp³-hybridized carbons (Fsp3) is 0. The van der Waals surface area contributed by atoms with Gasteiger partial charge in [0, 0.05) is 6.20 Å². The Balaban J connectivity index is 2.41. The summed E-state index contributed by atoms with van der Waals surface area (Å²) in [5.74, 6) is -3.30. The molecule has 0 bridgehead atoms. The molecule has 1 aliphatic carbocycles. The minimum Gasteiger partial charge on any atom is -0.288 e. The van der Waals surface area contributed by atoms with Crippen LogP contribution in [0.4, 0.5) is 8.78 Å². The van der Waals surface area contributed by atoms with Crippen LogP contribution in [0.3, 0.4) is 0 Å². The molecule has 0 aliphatic heterocycles. The summed E-state index contributed by atoms with van der Waals surface area (Å²) in [5.41, 5.74) is -1.19. The smallest absolute Gasteiger partial charge is 0.215 e. The van der Waals surface area contributed by atoms with E-state index in [0.29, 0.717) is 0 Å². The Morgan fingerprint density at radius 2 is 1.50 bits per heavy atom. The normalized spacial score (nSPS) is 13.2. The lowest BCUT2D eigenvalue weighted by Gasteiger charge is -2.16. The number of pyridine rings is 1. The number of hydrogen-bond acceptors (Lipinski definition) is 3. The maximum Gasteiger partial charge on any atom is 0.215 e. The van der Waals surface area contributed by atoms with Crippen molar-refractivity contribution in [1.82, 2.24) is 4.98 Å². The molecule has 2 aromatic rings. The number of carbonyl (C=O) groups is 2. The molecule has 3 nitrogen and oxygen atoms in total. The highest BCUT2D eigenvalue weighted by Crippen LogP contribution is 2.29. The number of carbonyl (C=O) groups excluding carboxylic acids is 2. The third-order valence-electron chi connectivity index (χ3n) is 2.83. The zero-order valence-electron chi connectivity index (χ0n) is 8.91. The summed E-state index contributed by atoms with van der Waals surface area (Å²) in [6.45, 7) is 0. The molecular weight excluding hydrogens is 240 g/mol. The molecule has 0 spiro atoms. The molecule has 0 fully saturated rings. The van der Waals surface area contributed by atoms with Crippen molar-refractivity contribution in [2.45, 2.75) is 0 Å². The van der Waals surface area contributed by atoms with Gasteiger partial charge < -0.3 is 0 Å². The first kappa shape index (κ1) is 10.7. The van der Waals surface area contributed by atoms with Crippen molar-refractivity contribution < 1.29 is 18.4 Å². The number of aromatic nitrogens is 1. The number of benzene rings is 1. The molecule has 1 heterocycles. The number of hydrogen-bond donors (Lipinski definition) is 0. The summed E-state index contributed by atoms with van der Waals surface area (Å²) in [4.78, 5) is 27.8. The lowest BCUT2D eigenvalue weighted by atomic mass is 9.86. The van der Waals surface area contributed by atoms with Gasteiger partial charge in [-0.2, -0.15) is 0 Å². The van der Waals surface area contributed by atoms with Gasteiger partial charge in [-0.3, -0.25) is 14.6 Å². The highest BCUT2D eigenvalue weighted by atomic mass is 19.1. The van der Waals surface area contributed by atoms with Gasteiger partial charge in [0.2, 0.25) is 5.78 Å². The van der Waals surface area contributed by atoms with Gasteiger partial charge in [0.05, 0.1) is 16.7 Å². The fourth-order valence-corrected chi connectivity index (χ4v) is 2.02. The van der Waals surface area contributed by atoms with Gasteiger partial charge >= 0.3 is 0 Å². The van der Waals surface area contributed by atoms with E-state index in [9.17, 15) is 18.4 Å². The van der Waals surface area contributed by atoms with Gasteiger partial charge in [0.25, 0.3) is 0 Å². The fourth-order valence-electron chi connectivity index (χ4n) is 2.02. The van der Waals surface area contributed by atoms with Gasteiger partial charge in [-0.05, 0) is 24.3 Å². The van der Waals surface area contributed by atoms with Gasteiger partial charge in [0.15, 0.2) is 5.78 Å². The molecule has 1 aromatic carbocycles. The summed E-state index contributed by atoms with van der Waals surface area (Å²) in [5, 5.41) is 0. The van der Waals surface area contributed by atoms with Crippen LogP contribution in [0.15, 0.2) is 30.5 Å². The maximum atomic E-state index is 13.6. The highest BCUT2D eigenvalue weighted by molar-refractivity contribution is 6.27. The Kier molecular flexibility index (Phi) is 2.10. The molecule has 0 radical (unpaired) electrons. The molecule has 1 aliphatic rings. The van der Waals surface area contributed by atoms with E-state index in [1.807, 2.05) is 0 Å². The molecule has 3 rings (SSSR count). The van der Waals surface area contributed by atoms with Crippen molar-refractivity contribution in [3.8, 4) is 0 Å². The standard InChI is InChI=1S/C13H5F2NO2/c14-7-3-4-8(15)10-9(7)12(17)6-2-1-5-16-11(6)13(10)18/h1-5H. The van der Waals surface area contributed by atoms with Crippen molar-refractivity contribution in [3.63, 3.8) is 0 Å². The van der Waals surface area contributed by atoms with Gasteiger partial charge in [-0.1, -0.05) is 0 Å². The molecule has 88 valence electrons. The monoisotopic (exact) mass is 245 g/mol. The van der Waals surface area contributed by atoms with E-state index < -0.39 is 34.3 Å². The van der Waals surface area contributed by atoms with Crippen LogP contribution in [0, 0.1) is 11.6 Å². The van der Waals surface area contributed by atoms with Gasteiger partial charge in [-0.25, -0.2) is 8.78 Å². The zero-order valence-corrected chi connectivity index (χ0v) is 8.91. The van der Waals surface area contributed by atoms with E-state index in [4.69, 9.17) is 0 Å². The Morgan fingerprint density at radius 1 is 0.889 bits per heavy atom. The first-order valence-electron chi connectivity index (χ1n) is 5.13. The topological polar surface area (TPSA) is 47.0 Å². The molecule has 0 amide bonds. The first-order valence-corrected chi connectivity index (χ1v) is 5.13. The second-order valence-corrected chi connectivity index (χ2v) is 3.84. The van der Waals surface area contributed by atoms with Crippen LogP contribution < -0.4 is 0 Å². The Hall–Kier alpha value is -2.43. The first-order chi connectivity index (χ1) is 8.61. The van der Waals surface area contributed by atoms with Crippen molar-refractivity contribution in [2.24, 2.45) is 0 Å². The maximum absolute atomic E-state index is 13.6. The van der Waals surface area contributed by atoms with Crippen LogP contribution in [-0.2, 0) is 0 Å². The van der Waals surface area contributed by atoms with E-state index in [1.165, 1.54) is 18.3 Å². The SMILES string of the molecule is O=C1c2cccnc2C(=O)c2c(F)ccc(F)c21. The number of fused-ring (bicyclic) bond motifs is 2. The Labute approximate surface area is 100 Å². The largest absolute Gasteiger partial charge is 0.288 e. The van der Waals surface area contributed by atoms with Crippen LogP contribution in [0.25, 0.3) is 0 Å². The van der Waals surface area contributed by atoms with Crippen molar-refractivity contribution in [2.75, 3.05) is 0 Å². The van der Waals surface area contributed by atoms with Crippen LogP contribution in [-0.4, -0.2) is 16.6 Å². The number of rotatable bonds is 0. The lowest BCUT2D eigenvalue weighted by Crippen LogP contribution is -2.24.